The fourth-order valence-corrected chi connectivity index (χ4v) is 3.70. The van der Waals surface area contributed by atoms with Crippen LogP contribution in [0.4, 0.5) is 0 Å². The van der Waals surface area contributed by atoms with E-state index in [1.165, 1.54) is 5.56 Å². The van der Waals surface area contributed by atoms with Crippen LogP contribution in [0.5, 0.6) is 5.75 Å². The molecular weight excluding hydrogens is 390 g/mol. The third kappa shape index (κ3) is 6.18. The largest absolute Gasteiger partial charge is 0.496 e. The molecule has 1 saturated heterocycles. The Kier molecular flexibility index (Phi) is 7.84. The quantitative estimate of drug-likeness (QED) is 0.712. The van der Waals surface area contributed by atoms with E-state index in [1.807, 2.05) is 67.6 Å². The van der Waals surface area contributed by atoms with E-state index in [0.717, 1.165) is 16.9 Å². The number of carbonyl (C=O) groups is 2. The number of ether oxygens (including phenoxy) is 1. The first kappa shape index (κ1) is 22.6. The average Bonchev–Trinajstić information content (AvgIpc) is 2.77. The molecule has 0 aromatic heterocycles. The van der Waals surface area contributed by atoms with Crippen LogP contribution in [0.15, 0.2) is 54.6 Å². The van der Waals surface area contributed by atoms with Crippen molar-refractivity contribution < 1.29 is 14.3 Å². The lowest BCUT2D eigenvalue weighted by Gasteiger charge is -2.34. The molecule has 6 heteroatoms. The summed E-state index contributed by atoms with van der Waals surface area (Å²) in [6.45, 7) is 4.45. The van der Waals surface area contributed by atoms with Gasteiger partial charge < -0.3 is 15.0 Å². The van der Waals surface area contributed by atoms with Gasteiger partial charge in [-0.05, 0) is 18.6 Å². The predicted molar refractivity (Wildman–Crippen MR) is 123 cm³/mol. The highest BCUT2D eigenvalue weighted by atomic mass is 16.5. The molecular formula is C25H31N3O3. The highest BCUT2D eigenvalue weighted by Gasteiger charge is 2.31. The second kappa shape index (κ2) is 10.8. The fraction of sp³-hybridized carbons (Fsp3) is 0.360. The van der Waals surface area contributed by atoms with Gasteiger partial charge in [-0.15, -0.1) is 0 Å². The van der Waals surface area contributed by atoms with Crippen molar-refractivity contribution in [2.45, 2.75) is 25.9 Å². The van der Waals surface area contributed by atoms with Gasteiger partial charge in [0.1, 0.15) is 5.75 Å². The first-order valence-electron chi connectivity index (χ1n) is 10.6. The second-order valence-corrected chi connectivity index (χ2v) is 7.89. The minimum atomic E-state index is -0.468. The van der Waals surface area contributed by atoms with Crippen molar-refractivity contribution in [2.75, 3.05) is 33.8 Å². The van der Waals surface area contributed by atoms with Crippen LogP contribution in [-0.2, 0) is 16.1 Å². The lowest BCUT2D eigenvalue weighted by molar-refractivity contribution is -0.138. The van der Waals surface area contributed by atoms with Gasteiger partial charge in [-0.3, -0.25) is 14.5 Å². The predicted octanol–water partition coefficient (Wildman–Crippen LogP) is 2.87. The minimum absolute atomic E-state index is 0.0404. The van der Waals surface area contributed by atoms with Gasteiger partial charge in [0.2, 0.25) is 11.8 Å². The van der Waals surface area contributed by atoms with E-state index in [0.29, 0.717) is 26.2 Å². The summed E-state index contributed by atoms with van der Waals surface area (Å²) in [5.74, 6) is 0.676. The van der Waals surface area contributed by atoms with Gasteiger partial charge in [0.05, 0.1) is 19.6 Å². The maximum absolute atomic E-state index is 12.8. The molecule has 1 atom stereocenters. The summed E-state index contributed by atoms with van der Waals surface area (Å²) >= 11 is 0. The molecule has 1 N–H and O–H groups in total. The number of carbonyl (C=O) groups excluding carboxylic acids is 2. The monoisotopic (exact) mass is 421 g/mol. The fourth-order valence-electron chi connectivity index (χ4n) is 3.70. The molecule has 1 aliphatic heterocycles. The molecule has 0 radical (unpaired) electrons. The van der Waals surface area contributed by atoms with E-state index in [1.54, 1.807) is 19.1 Å². The van der Waals surface area contributed by atoms with Gasteiger partial charge in [-0.1, -0.05) is 60.2 Å². The maximum Gasteiger partial charge on any atom is 0.237 e. The molecule has 0 spiro atoms. The lowest BCUT2D eigenvalue weighted by atomic mass is 10.1. The van der Waals surface area contributed by atoms with Crippen LogP contribution in [0, 0.1) is 6.92 Å². The summed E-state index contributed by atoms with van der Waals surface area (Å²) in [4.78, 5) is 29.1. The van der Waals surface area contributed by atoms with Crippen molar-refractivity contribution in [3.63, 3.8) is 0 Å². The maximum atomic E-state index is 12.8. The number of hydrogen-bond donors (Lipinski definition) is 1. The van der Waals surface area contributed by atoms with Crippen molar-refractivity contribution in [1.82, 2.24) is 15.1 Å². The highest BCUT2D eigenvalue weighted by molar-refractivity contribution is 5.88. The summed E-state index contributed by atoms with van der Waals surface area (Å²) in [6, 6.07) is 15.5. The summed E-state index contributed by atoms with van der Waals surface area (Å²) in [6.07, 6.45) is 4.17. The van der Waals surface area contributed by atoms with Crippen molar-refractivity contribution in [3.05, 3.63) is 71.3 Å². The summed E-state index contributed by atoms with van der Waals surface area (Å²) in [5, 5.41) is 2.89. The number of aryl methyl sites for hydroxylation is 1. The normalized spacial score (nSPS) is 16.9. The first-order chi connectivity index (χ1) is 15.0. The second-order valence-electron chi connectivity index (χ2n) is 7.89. The molecule has 2 aromatic carbocycles. The average molecular weight is 422 g/mol. The Morgan fingerprint density at radius 2 is 1.97 bits per heavy atom. The third-order valence-corrected chi connectivity index (χ3v) is 5.55. The lowest BCUT2D eigenvalue weighted by Crippen LogP contribution is -2.56. The van der Waals surface area contributed by atoms with E-state index in [-0.39, 0.29) is 18.2 Å². The molecule has 0 unspecified atom stereocenters. The van der Waals surface area contributed by atoms with Crippen molar-refractivity contribution in [2.24, 2.45) is 0 Å². The zero-order valence-corrected chi connectivity index (χ0v) is 18.5. The van der Waals surface area contributed by atoms with E-state index < -0.39 is 6.04 Å². The Hall–Kier alpha value is -3.12. The van der Waals surface area contributed by atoms with Gasteiger partial charge in [0.15, 0.2) is 0 Å². The topological polar surface area (TPSA) is 61.9 Å². The molecule has 1 fully saturated rings. The number of nitrogens with one attached hydrogen (secondary N) is 1. The van der Waals surface area contributed by atoms with Crippen molar-refractivity contribution in [1.29, 1.82) is 0 Å². The van der Waals surface area contributed by atoms with Crippen LogP contribution < -0.4 is 10.1 Å². The van der Waals surface area contributed by atoms with E-state index in [9.17, 15) is 9.59 Å². The third-order valence-electron chi connectivity index (χ3n) is 5.55. The van der Waals surface area contributed by atoms with Crippen LogP contribution in [0.25, 0.3) is 6.08 Å². The first-order valence-corrected chi connectivity index (χ1v) is 10.6. The summed E-state index contributed by atoms with van der Waals surface area (Å²) < 4.78 is 5.38. The molecule has 164 valence electrons. The highest BCUT2D eigenvalue weighted by Crippen LogP contribution is 2.19. The molecule has 1 aliphatic rings. The van der Waals surface area contributed by atoms with Crippen molar-refractivity contribution >= 4 is 17.9 Å². The minimum Gasteiger partial charge on any atom is -0.496 e. The number of piperazine rings is 1. The Bertz CT molecular complexity index is 924. The van der Waals surface area contributed by atoms with Gasteiger partial charge in [0, 0.05) is 38.8 Å². The Morgan fingerprint density at radius 1 is 1.23 bits per heavy atom. The molecule has 0 saturated carbocycles. The number of methoxy groups -OCH3 is 1. The number of hydrogen-bond acceptors (Lipinski definition) is 4. The van der Waals surface area contributed by atoms with Crippen LogP contribution in [0.1, 0.15) is 23.1 Å². The molecule has 0 bridgehead atoms. The van der Waals surface area contributed by atoms with Crippen LogP contribution in [0.3, 0.4) is 0 Å². The van der Waals surface area contributed by atoms with Gasteiger partial charge in [-0.2, -0.15) is 0 Å². The smallest absolute Gasteiger partial charge is 0.237 e. The SMILES string of the molecule is COc1ccccc1/C=C/CN1CCNC(=O)[C@H]1CC(=O)N(C)Cc1ccc(C)cc1. The molecule has 2 amide bonds. The van der Waals surface area contributed by atoms with Crippen LogP contribution in [-0.4, -0.2) is 61.4 Å². The number of para-hydroxylation sites is 1. The number of rotatable bonds is 8. The summed E-state index contributed by atoms with van der Waals surface area (Å²) in [5.41, 5.74) is 3.25. The Balaban J connectivity index is 1.61. The van der Waals surface area contributed by atoms with Gasteiger partial charge >= 0.3 is 0 Å². The molecule has 3 rings (SSSR count). The molecule has 6 nitrogen and oxygen atoms in total. The molecule has 0 aliphatic carbocycles. The van der Waals surface area contributed by atoms with Gasteiger partial charge in [0.25, 0.3) is 0 Å². The van der Waals surface area contributed by atoms with E-state index in [2.05, 4.69) is 10.2 Å². The van der Waals surface area contributed by atoms with Gasteiger partial charge in [-0.25, -0.2) is 0 Å². The standard InChI is InChI=1S/C25H31N3O3/c1-19-10-12-20(13-11-19)18-27(2)24(29)17-22-25(30)26-14-16-28(22)15-6-8-21-7-4-5-9-23(21)31-3/h4-13,22H,14-18H2,1-3H3,(H,26,30)/b8-6+/t22-/m1/s1. The number of amides is 2. The number of benzene rings is 2. The molecule has 31 heavy (non-hydrogen) atoms. The molecule has 2 aromatic rings. The van der Waals surface area contributed by atoms with E-state index >= 15 is 0 Å². The molecule has 1 heterocycles. The van der Waals surface area contributed by atoms with Crippen LogP contribution in [0.2, 0.25) is 0 Å². The van der Waals surface area contributed by atoms with E-state index in [4.69, 9.17) is 4.74 Å². The Labute approximate surface area is 184 Å². The zero-order chi connectivity index (χ0) is 22.2. The summed E-state index contributed by atoms with van der Waals surface area (Å²) in [7, 11) is 3.44. The van der Waals surface area contributed by atoms with Crippen molar-refractivity contribution in [3.8, 4) is 5.75 Å². The van der Waals surface area contributed by atoms with Crippen LogP contribution >= 0.6 is 0 Å². The zero-order valence-electron chi connectivity index (χ0n) is 18.5. The number of nitrogens with zero attached hydrogens (tertiary/aromatic N) is 2. The Morgan fingerprint density at radius 3 is 2.71 bits per heavy atom.